The van der Waals surface area contributed by atoms with Crippen molar-refractivity contribution >= 4 is 11.6 Å². The summed E-state index contributed by atoms with van der Waals surface area (Å²) >= 11 is 6.19. The molecule has 18 heavy (non-hydrogen) atoms. The molecule has 1 aromatic carbocycles. The summed E-state index contributed by atoms with van der Waals surface area (Å²) in [5, 5.41) is 0.803. The normalized spacial score (nSPS) is 17.4. The monoisotopic (exact) mass is 267 g/mol. The lowest BCUT2D eigenvalue weighted by atomic mass is 9.74. The quantitative estimate of drug-likeness (QED) is 0.907. The van der Waals surface area contributed by atoms with Crippen LogP contribution in [-0.2, 0) is 12.8 Å². The van der Waals surface area contributed by atoms with E-state index in [0.717, 1.165) is 30.2 Å². The lowest BCUT2D eigenvalue weighted by Crippen LogP contribution is -2.34. The van der Waals surface area contributed by atoms with Crippen molar-refractivity contribution in [3.63, 3.8) is 0 Å². The summed E-state index contributed by atoms with van der Waals surface area (Å²) in [5.41, 5.74) is 8.49. The second-order valence-corrected chi connectivity index (χ2v) is 6.28. The number of hydrogen-bond donors (Lipinski definition) is 1. The SMILES string of the molecule is CC(C)C(C)(CN)Cc1cc(Cl)cc2c1OCC2. The summed E-state index contributed by atoms with van der Waals surface area (Å²) in [6, 6.07) is 4.05. The van der Waals surface area contributed by atoms with Crippen molar-refractivity contribution in [1.29, 1.82) is 0 Å². The van der Waals surface area contributed by atoms with Gasteiger partial charge < -0.3 is 10.5 Å². The van der Waals surface area contributed by atoms with E-state index in [9.17, 15) is 0 Å². The third-order valence-corrected chi connectivity index (χ3v) is 4.50. The second-order valence-electron chi connectivity index (χ2n) is 5.84. The summed E-state index contributed by atoms with van der Waals surface area (Å²) in [5.74, 6) is 1.57. The summed E-state index contributed by atoms with van der Waals surface area (Å²) in [6.07, 6.45) is 1.88. The Labute approximate surface area is 114 Å². The minimum Gasteiger partial charge on any atom is -0.493 e. The number of halogens is 1. The van der Waals surface area contributed by atoms with Crippen LogP contribution in [0.4, 0.5) is 0 Å². The van der Waals surface area contributed by atoms with Gasteiger partial charge in [0, 0.05) is 11.4 Å². The van der Waals surface area contributed by atoms with Gasteiger partial charge in [-0.15, -0.1) is 0 Å². The number of rotatable bonds is 4. The van der Waals surface area contributed by atoms with Gasteiger partial charge in [0.15, 0.2) is 0 Å². The molecule has 1 atom stereocenters. The molecule has 2 nitrogen and oxygen atoms in total. The molecule has 0 aliphatic carbocycles. The molecular weight excluding hydrogens is 246 g/mol. The van der Waals surface area contributed by atoms with E-state index in [1.807, 2.05) is 12.1 Å². The minimum absolute atomic E-state index is 0.0877. The first-order chi connectivity index (χ1) is 8.46. The largest absolute Gasteiger partial charge is 0.493 e. The van der Waals surface area contributed by atoms with Crippen LogP contribution in [0, 0.1) is 11.3 Å². The van der Waals surface area contributed by atoms with Gasteiger partial charge in [0.05, 0.1) is 6.61 Å². The van der Waals surface area contributed by atoms with Gasteiger partial charge in [0.1, 0.15) is 5.75 Å². The maximum Gasteiger partial charge on any atom is 0.125 e. The summed E-state index contributed by atoms with van der Waals surface area (Å²) < 4.78 is 5.76. The lowest BCUT2D eigenvalue weighted by molar-refractivity contribution is 0.224. The van der Waals surface area contributed by atoms with E-state index in [4.69, 9.17) is 22.1 Å². The third-order valence-electron chi connectivity index (χ3n) is 4.28. The first kappa shape index (κ1) is 13.7. The van der Waals surface area contributed by atoms with E-state index in [1.54, 1.807) is 0 Å². The summed E-state index contributed by atoms with van der Waals surface area (Å²) in [6.45, 7) is 8.12. The van der Waals surface area contributed by atoms with Crippen molar-refractivity contribution in [2.45, 2.75) is 33.6 Å². The molecule has 1 aliphatic heterocycles. The van der Waals surface area contributed by atoms with Crippen LogP contribution in [0.1, 0.15) is 31.9 Å². The van der Waals surface area contributed by atoms with Gasteiger partial charge >= 0.3 is 0 Å². The van der Waals surface area contributed by atoms with Crippen LogP contribution in [0.25, 0.3) is 0 Å². The predicted molar refractivity (Wildman–Crippen MR) is 76.4 cm³/mol. The van der Waals surface area contributed by atoms with E-state index in [-0.39, 0.29) is 5.41 Å². The van der Waals surface area contributed by atoms with Gasteiger partial charge in [-0.3, -0.25) is 0 Å². The molecule has 3 heteroatoms. The van der Waals surface area contributed by atoms with Gasteiger partial charge in [-0.2, -0.15) is 0 Å². The molecule has 1 heterocycles. The van der Waals surface area contributed by atoms with Gasteiger partial charge in [-0.25, -0.2) is 0 Å². The predicted octanol–water partition coefficient (Wildman–Crippen LogP) is 3.44. The van der Waals surface area contributed by atoms with Crippen LogP contribution in [0.15, 0.2) is 12.1 Å². The zero-order valence-electron chi connectivity index (χ0n) is 11.4. The molecule has 1 unspecified atom stereocenters. The zero-order chi connectivity index (χ0) is 13.3. The van der Waals surface area contributed by atoms with E-state index in [1.165, 1.54) is 11.1 Å². The highest BCUT2D eigenvalue weighted by atomic mass is 35.5. The van der Waals surface area contributed by atoms with E-state index in [0.29, 0.717) is 12.5 Å². The molecule has 0 bridgehead atoms. The smallest absolute Gasteiger partial charge is 0.125 e. The molecule has 2 rings (SSSR count). The molecule has 0 saturated carbocycles. The van der Waals surface area contributed by atoms with Crippen molar-refractivity contribution < 1.29 is 4.74 Å². The fourth-order valence-electron chi connectivity index (χ4n) is 2.42. The fraction of sp³-hybridized carbons (Fsp3) is 0.600. The number of fused-ring (bicyclic) bond motifs is 1. The molecule has 1 aliphatic rings. The molecule has 0 fully saturated rings. The van der Waals surface area contributed by atoms with Gasteiger partial charge in [-0.05, 0) is 47.6 Å². The summed E-state index contributed by atoms with van der Waals surface area (Å²) in [4.78, 5) is 0. The van der Waals surface area contributed by atoms with E-state index >= 15 is 0 Å². The minimum atomic E-state index is 0.0877. The van der Waals surface area contributed by atoms with Crippen LogP contribution in [0.2, 0.25) is 5.02 Å². The number of benzene rings is 1. The molecule has 0 spiro atoms. The van der Waals surface area contributed by atoms with Crippen molar-refractivity contribution in [3.05, 3.63) is 28.3 Å². The number of ether oxygens (including phenoxy) is 1. The van der Waals surface area contributed by atoms with Crippen LogP contribution >= 0.6 is 11.6 Å². The molecule has 0 radical (unpaired) electrons. The highest BCUT2D eigenvalue weighted by Gasteiger charge is 2.30. The zero-order valence-corrected chi connectivity index (χ0v) is 12.2. The van der Waals surface area contributed by atoms with Gasteiger partial charge in [0.2, 0.25) is 0 Å². The van der Waals surface area contributed by atoms with Crippen molar-refractivity contribution in [3.8, 4) is 5.75 Å². The van der Waals surface area contributed by atoms with Crippen LogP contribution in [0.5, 0.6) is 5.75 Å². The summed E-state index contributed by atoms with van der Waals surface area (Å²) in [7, 11) is 0. The van der Waals surface area contributed by atoms with Gasteiger partial charge in [-0.1, -0.05) is 32.4 Å². The topological polar surface area (TPSA) is 35.2 Å². The Morgan fingerprint density at radius 3 is 2.78 bits per heavy atom. The maximum atomic E-state index is 6.19. The van der Waals surface area contributed by atoms with Crippen LogP contribution < -0.4 is 10.5 Å². The fourth-order valence-corrected chi connectivity index (χ4v) is 2.69. The highest BCUT2D eigenvalue weighted by Crippen LogP contribution is 2.38. The average molecular weight is 268 g/mol. The molecule has 2 N–H and O–H groups in total. The second kappa shape index (κ2) is 5.10. The molecule has 0 amide bonds. The van der Waals surface area contributed by atoms with E-state index < -0.39 is 0 Å². The Bertz CT molecular complexity index is 444. The third kappa shape index (κ3) is 2.50. The highest BCUT2D eigenvalue weighted by molar-refractivity contribution is 6.30. The molecule has 1 aromatic rings. The standard InChI is InChI=1S/C15H22ClNO/c1-10(2)15(3,9-17)8-12-7-13(16)6-11-4-5-18-14(11)12/h6-7,10H,4-5,8-9,17H2,1-3H3. The molecule has 0 saturated heterocycles. The Kier molecular flexibility index (Phi) is 3.88. The number of nitrogens with two attached hydrogens (primary N) is 1. The van der Waals surface area contributed by atoms with Crippen LogP contribution in [0.3, 0.4) is 0 Å². The molecule has 100 valence electrons. The number of hydrogen-bond acceptors (Lipinski definition) is 2. The van der Waals surface area contributed by atoms with Crippen LogP contribution in [-0.4, -0.2) is 13.2 Å². The first-order valence-electron chi connectivity index (χ1n) is 6.60. The van der Waals surface area contributed by atoms with Crippen molar-refractivity contribution in [2.24, 2.45) is 17.1 Å². The molecular formula is C15H22ClNO. The Morgan fingerprint density at radius 1 is 1.44 bits per heavy atom. The molecule has 0 aromatic heterocycles. The first-order valence-corrected chi connectivity index (χ1v) is 6.98. The Hall–Kier alpha value is -0.730. The maximum absolute atomic E-state index is 6.19. The lowest BCUT2D eigenvalue weighted by Gasteiger charge is -2.33. The van der Waals surface area contributed by atoms with Gasteiger partial charge in [0.25, 0.3) is 0 Å². The van der Waals surface area contributed by atoms with Crippen molar-refractivity contribution in [1.82, 2.24) is 0 Å². The Morgan fingerprint density at radius 2 is 2.17 bits per heavy atom. The average Bonchev–Trinajstić information content (AvgIpc) is 2.76. The Balaban J connectivity index is 2.35. The van der Waals surface area contributed by atoms with E-state index in [2.05, 4.69) is 20.8 Å². The van der Waals surface area contributed by atoms with Crippen molar-refractivity contribution in [2.75, 3.05) is 13.2 Å².